The van der Waals surface area contributed by atoms with Gasteiger partial charge in [0, 0.05) is 25.0 Å². The van der Waals surface area contributed by atoms with Crippen LogP contribution in [0.25, 0.3) is 0 Å². The van der Waals surface area contributed by atoms with Gasteiger partial charge >= 0.3 is 0 Å². The van der Waals surface area contributed by atoms with Gasteiger partial charge < -0.3 is 20.1 Å². The zero-order valence-electron chi connectivity index (χ0n) is 19.5. The van der Waals surface area contributed by atoms with Crippen molar-refractivity contribution in [1.82, 2.24) is 25.5 Å². The second-order valence-electron chi connectivity index (χ2n) is 7.50. The van der Waals surface area contributed by atoms with E-state index in [1.54, 1.807) is 16.4 Å². The maximum Gasteiger partial charge on any atom is 0.262 e. The van der Waals surface area contributed by atoms with Crippen LogP contribution in [-0.4, -0.2) is 51.6 Å². The van der Waals surface area contributed by atoms with E-state index in [0.717, 1.165) is 45.2 Å². The van der Waals surface area contributed by atoms with E-state index in [0.29, 0.717) is 24.7 Å². The van der Waals surface area contributed by atoms with Gasteiger partial charge in [0.05, 0.1) is 11.1 Å². The minimum absolute atomic E-state index is 0.122. The number of aromatic nitrogens is 4. The third-order valence-corrected chi connectivity index (χ3v) is 6.38. The maximum atomic E-state index is 12.3. The summed E-state index contributed by atoms with van der Waals surface area (Å²) >= 11 is 5.20. The number of benzene rings is 2. The number of tetrazole rings is 1. The van der Waals surface area contributed by atoms with E-state index in [2.05, 4.69) is 42.1 Å². The second-order valence-corrected chi connectivity index (χ2v) is 9.42. The third kappa shape index (κ3) is 8.00. The lowest BCUT2D eigenvalue weighted by Gasteiger charge is -2.16. The minimum atomic E-state index is -0.237. The van der Waals surface area contributed by atoms with Crippen LogP contribution in [0, 0.1) is 6.92 Å². The highest BCUT2D eigenvalue weighted by atomic mass is 79.9. The molecule has 9 nitrogen and oxygen atoms in total. The molecule has 3 rings (SSSR count). The molecule has 2 N–H and O–H groups in total. The van der Waals surface area contributed by atoms with Crippen molar-refractivity contribution in [3.63, 3.8) is 0 Å². The van der Waals surface area contributed by atoms with Crippen molar-refractivity contribution in [3.8, 4) is 11.5 Å². The lowest BCUT2D eigenvalue weighted by atomic mass is 10.2. The first-order chi connectivity index (χ1) is 16.5. The van der Waals surface area contributed by atoms with E-state index in [-0.39, 0.29) is 12.5 Å². The molecule has 1 heterocycles. The number of thioether (sulfide) groups is 1. The van der Waals surface area contributed by atoms with E-state index in [1.165, 1.54) is 0 Å². The Kier molecular flexibility index (Phi) is 10.2. The number of anilines is 1. The lowest BCUT2D eigenvalue weighted by Crippen LogP contribution is -2.20. The normalized spacial score (nSPS) is 10.8. The predicted octanol–water partition coefficient (Wildman–Crippen LogP) is 3.97. The van der Waals surface area contributed by atoms with Gasteiger partial charge in [-0.15, -0.1) is 5.10 Å². The summed E-state index contributed by atoms with van der Waals surface area (Å²) in [5.74, 6) is 1.80. The van der Waals surface area contributed by atoms with Crippen molar-refractivity contribution in [3.05, 3.63) is 52.0 Å². The summed E-state index contributed by atoms with van der Waals surface area (Å²) in [6.07, 6.45) is 0.980. The standard InChI is InChI=1S/C23H29BrN6O3S/c1-4-32-20-13-17(14-25-10-5-11-34-23-27-28-29-30(23)3)12-19(24)22(20)33-15-21(31)26-18-8-6-16(2)7-9-18/h6-9,12-13,25H,4-5,10-11,14-15H2,1-3H3,(H,26,31). The quantitative estimate of drug-likeness (QED) is 0.244. The van der Waals surface area contributed by atoms with Gasteiger partial charge in [-0.2, -0.15) is 0 Å². The SMILES string of the molecule is CCOc1cc(CNCCCSc2nnnn2C)cc(Br)c1OCC(=O)Nc1ccc(C)cc1. The number of nitrogens with one attached hydrogen (secondary N) is 2. The monoisotopic (exact) mass is 548 g/mol. The average Bonchev–Trinajstić information content (AvgIpc) is 3.22. The van der Waals surface area contributed by atoms with Gasteiger partial charge in [0.2, 0.25) is 5.16 Å². The Hall–Kier alpha value is -2.63. The van der Waals surface area contributed by atoms with Gasteiger partial charge in [-0.1, -0.05) is 29.5 Å². The second kappa shape index (κ2) is 13.3. The van der Waals surface area contributed by atoms with Gasteiger partial charge in [0.25, 0.3) is 5.91 Å². The van der Waals surface area contributed by atoms with Crippen LogP contribution in [0.4, 0.5) is 5.69 Å². The van der Waals surface area contributed by atoms with Crippen molar-refractivity contribution in [2.24, 2.45) is 7.05 Å². The predicted molar refractivity (Wildman–Crippen MR) is 136 cm³/mol. The molecule has 0 aliphatic rings. The van der Waals surface area contributed by atoms with E-state index >= 15 is 0 Å². The highest BCUT2D eigenvalue weighted by Crippen LogP contribution is 2.37. The Morgan fingerprint density at radius 2 is 2.00 bits per heavy atom. The van der Waals surface area contributed by atoms with Crippen LogP contribution < -0.4 is 20.1 Å². The van der Waals surface area contributed by atoms with Gasteiger partial charge in [0.15, 0.2) is 18.1 Å². The highest BCUT2D eigenvalue weighted by Gasteiger charge is 2.14. The van der Waals surface area contributed by atoms with E-state index in [1.807, 2.05) is 57.3 Å². The highest BCUT2D eigenvalue weighted by molar-refractivity contribution is 9.10. The van der Waals surface area contributed by atoms with Crippen LogP contribution in [0.3, 0.4) is 0 Å². The molecule has 0 radical (unpaired) electrons. The topological polar surface area (TPSA) is 103 Å². The average molecular weight is 549 g/mol. The Bertz CT molecular complexity index is 1080. The molecule has 0 fully saturated rings. The van der Waals surface area contributed by atoms with Crippen molar-refractivity contribution < 1.29 is 14.3 Å². The zero-order chi connectivity index (χ0) is 24.3. The Labute approximate surface area is 212 Å². The summed E-state index contributed by atoms with van der Waals surface area (Å²) in [6, 6.07) is 11.5. The Morgan fingerprint density at radius 1 is 1.21 bits per heavy atom. The van der Waals surface area contributed by atoms with Crippen molar-refractivity contribution >= 4 is 39.3 Å². The first kappa shape index (κ1) is 26.0. The van der Waals surface area contributed by atoms with Gasteiger partial charge in [0.1, 0.15) is 0 Å². The number of amides is 1. The smallest absolute Gasteiger partial charge is 0.262 e. The molecular formula is C23H29BrN6O3S. The van der Waals surface area contributed by atoms with Crippen LogP contribution in [0.1, 0.15) is 24.5 Å². The molecule has 11 heteroatoms. The van der Waals surface area contributed by atoms with Crippen molar-refractivity contribution in [2.45, 2.75) is 32.0 Å². The number of ether oxygens (including phenoxy) is 2. The fraction of sp³-hybridized carbons (Fsp3) is 0.391. The number of rotatable bonds is 13. The molecular weight excluding hydrogens is 520 g/mol. The van der Waals surface area contributed by atoms with Gasteiger partial charge in [-0.3, -0.25) is 4.79 Å². The molecule has 0 unspecified atom stereocenters. The maximum absolute atomic E-state index is 12.3. The number of halogens is 1. The summed E-state index contributed by atoms with van der Waals surface area (Å²) < 4.78 is 14.0. The molecule has 1 amide bonds. The molecule has 34 heavy (non-hydrogen) atoms. The summed E-state index contributed by atoms with van der Waals surface area (Å²) in [5, 5.41) is 18.5. The molecule has 0 bridgehead atoms. The Balaban J connectivity index is 1.49. The number of carbonyl (C=O) groups excluding carboxylic acids is 1. The largest absolute Gasteiger partial charge is 0.490 e. The third-order valence-electron chi connectivity index (χ3n) is 4.69. The van der Waals surface area contributed by atoms with Gasteiger partial charge in [-0.25, -0.2) is 4.68 Å². The molecule has 0 spiro atoms. The van der Waals surface area contributed by atoms with Crippen LogP contribution in [0.5, 0.6) is 11.5 Å². The Morgan fingerprint density at radius 3 is 2.71 bits per heavy atom. The molecule has 0 saturated heterocycles. The molecule has 1 aromatic heterocycles. The number of nitrogens with zero attached hydrogens (tertiary/aromatic N) is 4. The molecule has 0 aliphatic heterocycles. The van der Waals surface area contributed by atoms with Crippen LogP contribution in [-0.2, 0) is 18.4 Å². The number of hydrogen-bond acceptors (Lipinski definition) is 8. The summed E-state index contributed by atoms with van der Waals surface area (Å²) in [4.78, 5) is 12.3. The molecule has 2 aromatic carbocycles. The van der Waals surface area contributed by atoms with Crippen LogP contribution >= 0.6 is 27.7 Å². The molecule has 0 saturated carbocycles. The fourth-order valence-corrected chi connectivity index (χ4v) is 4.43. The summed E-state index contributed by atoms with van der Waals surface area (Å²) in [5.41, 5.74) is 2.92. The molecule has 3 aromatic rings. The van der Waals surface area contributed by atoms with Crippen molar-refractivity contribution in [1.29, 1.82) is 0 Å². The molecule has 0 aliphatic carbocycles. The van der Waals surface area contributed by atoms with Gasteiger partial charge in [-0.05, 0) is 83.0 Å². The number of aryl methyl sites for hydroxylation is 2. The van der Waals surface area contributed by atoms with E-state index < -0.39 is 0 Å². The van der Waals surface area contributed by atoms with Crippen molar-refractivity contribution in [2.75, 3.05) is 30.8 Å². The number of hydrogen-bond donors (Lipinski definition) is 2. The van der Waals surface area contributed by atoms with Crippen LogP contribution in [0.15, 0.2) is 46.0 Å². The van der Waals surface area contributed by atoms with E-state index in [4.69, 9.17) is 9.47 Å². The zero-order valence-corrected chi connectivity index (χ0v) is 21.9. The number of carbonyl (C=O) groups is 1. The lowest BCUT2D eigenvalue weighted by molar-refractivity contribution is -0.118. The summed E-state index contributed by atoms with van der Waals surface area (Å²) in [7, 11) is 1.83. The molecule has 0 atom stereocenters. The minimum Gasteiger partial charge on any atom is -0.490 e. The van der Waals surface area contributed by atoms with Crippen LogP contribution in [0.2, 0.25) is 0 Å². The summed E-state index contributed by atoms with van der Waals surface area (Å²) in [6.45, 7) is 5.82. The first-order valence-corrected chi connectivity index (χ1v) is 12.7. The fourth-order valence-electron chi connectivity index (χ4n) is 3.04. The first-order valence-electron chi connectivity index (χ1n) is 11.0. The molecule has 182 valence electrons. The van der Waals surface area contributed by atoms with E-state index in [9.17, 15) is 4.79 Å².